The fraction of sp³-hybridized carbons (Fsp3) is 0.292. The second-order valence-corrected chi connectivity index (χ2v) is 7.64. The Morgan fingerprint density at radius 3 is 2.38 bits per heavy atom. The second-order valence-electron chi connectivity index (χ2n) is 7.64. The molecule has 1 aromatic heterocycles. The maximum atomic E-state index is 13.7. The molecule has 0 fully saturated rings. The summed E-state index contributed by atoms with van der Waals surface area (Å²) in [5.74, 6) is 0.747. The van der Waals surface area contributed by atoms with Crippen LogP contribution in [0.1, 0.15) is 31.5 Å². The SMILES string of the molecule is COc1cc2c(cc1OC)-c1c(oc3c(CC=C(C)C)c(O)cc(O)c3c1=O)[C@H](OC)O2. The largest absolute Gasteiger partial charge is 0.507 e. The molecule has 1 atom stereocenters. The van der Waals surface area contributed by atoms with E-state index in [9.17, 15) is 15.0 Å². The van der Waals surface area contributed by atoms with Crippen LogP contribution in [0, 0.1) is 0 Å². The summed E-state index contributed by atoms with van der Waals surface area (Å²) in [5, 5.41) is 21.0. The minimum Gasteiger partial charge on any atom is -0.507 e. The van der Waals surface area contributed by atoms with Gasteiger partial charge in [0.15, 0.2) is 17.3 Å². The van der Waals surface area contributed by atoms with Crippen LogP contribution in [0.5, 0.6) is 28.7 Å². The molecule has 32 heavy (non-hydrogen) atoms. The van der Waals surface area contributed by atoms with E-state index in [1.165, 1.54) is 21.3 Å². The quantitative estimate of drug-likeness (QED) is 0.561. The Morgan fingerprint density at radius 2 is 1.75 bits per heavy atom. The zero-order valence-electron chi connectivity index (χ0n) is 18.4. The maximum absolute atomic E-state index is 13.7. The number of hydrogen-bond acceptors (Lipinski definition) is 8. The maximum Gasteiger partial charge on any atom is 0.259 e. The lowest BCUT2D eigenvalue weighted by molar-refractivity contribution is -0.0717. The van der Waals surface area contributed by atoms with E-state index in [1.807, 2.05) is 19.9 Å². The molecule has 1 aliphatic rings. The molecule has 0 spiro atoms. The standard InChI is InChI=1S/C24H24O8/c1-11(2)6-7-12-14(25)9-15(26)20-21(27)19-13-8-17(28-3)18(29-4)10-16(13)31-24(30-5)23(19)32-22(12)20/h6,8-10,24-26H,7H2,1-5H3/t24-/m1/s1. The van der Waals surface area contributed by atoms with Gasteiger partial charge in [0, 0.05) is 30.4 Å². The van der Waals surface area contributed by atoms with Gasteiger partial charge < -0.3 is 33.6 Å². The minimum absolute atomic E-state index is 0.0313. The lowest BCUT2D eigenvalue weighted by Gasteiger charge is -2.27. The summed E-state index contributed by atoms with van der Waals surface area (Å²) in [5.41, 5.74) is 1.61. The topological polar surface area (TPSA) is 108 Å². The highest BCUT2D eigenvalue weighted by Crippen LogP contribution is 2.48. The van der Waals surface area contributed by atoms with Crippen molar-refractivity contribution in [3.8, 4) is 39.9 Å². The number of aromatic hydroxyl groups is 2. The lowest BCUT2D eigenvalue weighted by Crippen LogP contribution is -2.21. The highest BCUT2D eigenvalue weighted by Gasteiger charge is 2.34. The third-order valence-electron chi connectivity index (χ3n) is 5.38. The molecule has 0 aliphatic carbocycles. The van der Waals surface area contributed by atoms with Crippen molar-refractivity contribution in [3.05, 3.63) is 51.4 Å². The molecule has 4 rings (SSSR count). The van der Waals surface area contributed by atoms with Crippen LogP contribution < -0.4 is 19.6 Å². The van der Waals surface area contributed by atoms with Crippen LogP contribution in [-0.4, -0.2) is 31.5 Å². The predicted molar refractivity (Wildman–Crippen MR) is 118 cm³/mol. The average Bonchev–Trinajstić information content (AvgIpc) is 2.76. The number of benzene rings is 2. The first-order valence-electron chi connectivity index (χ1n) is 9.94. The van der Waals surface area contributed by atoms with Gasteiger partial charge in [-0.05, 0) is 26.3 Å². The van der Waals surface area contributed by atoms with E-state index in [0.717, 1.165) is 11.6 Å². The molecule has 2 aromatic carbocycles. The molecule has 8 nitrogen and oxygen atoms in total. The highest BCUT2D eigenvalue weighted by molar-refractivity contribution is 5.93. The van der Waals surface area contributed by atoms with Gasteiger partial charge in [-0.2, -0.15) is 0 Å². The van der Waals surface area contributed by atoms with Crippen molar-refractivity contribution in [2.45, 2.75) is 26.6 Å². The molecule has 0 bridgehead atoms. The molecule has 0 saturated carbocycles. The van der Waals surface area contributed by atoms with E-state index in [2.05, 4.69) is 0 Å². The molecule has 2 N–H and O–H groups in total. The fourth-order valence-electron chi connectivity index (χ4n) is 3.80. The molecule has 0 amide bonds. The molecule has 0 radical (unpaired) electrons. The van der Waals surface area contributed by atoms with E-state index >= 15 is 0 Å². The number of phenolic OH excluding ortho intramolecular Hbond substituents is 2. The third-order valence-corrected chi connectivity index (χ3v) is 5.38. The number of rotatable bonds is 5. The first-order valence-corrected chi connectivity index (χ1v) is 9.94. The number of methoxy groups -OCH3 is 3. The van der Waals surface area contributed by atoms with Crippen molar-refractivity contribution in [3.63, 3.8) is 0 Å². The van der Waals surface area contributed by atoms with Gasteiger partial charge in [-0.15, -0.1) is 0 Å². The van der Waals surface area contributed by atoms with Crippen LogP contribution in [0.15, 0.2) is 39.1 Å². The van der Waals surface area contributed by atoms with Crippen LogP contribution >= 0.6 is 0 Å². The highest BCUT2D eigenvalue weighted by atomic mass is 16.7. The Balaban J connectivity index is 2.10. The zero-order valence-corrected chi connectivity index (χ0v) is 18.4. The predicted octanol–water partition coefficient (Wildman–Crippen LogP) is 4.43. The number of fused-ring (bicyclic) bond motifs is 4. The van der Waals surface area contributed by atoms with E-state index in [4.69, 9.17) is 23.4 Å². The summed E-state index contributed by atoms with van der Waals surface area (Å²) >= 11 is 0. The summed E-state index contributed by atoms with van der Waals surface area (Å²) in [6.07, 6.45) is 1.18. The van der Waals surface area contributed by atoms with Crippen molar-refractivity contribution < 1.29 is 33.6 Å². The Hall–Kier alpha value is -3.65. The van der Waals surface area contributed by atoms with Gasteiger partial charge in [0.1, 0.15) is 28.2 Å². The van der Waals surface area contributed by atoms with Crippen LogP contribution in [0.4, 0.5) is 0 Å². The van der Waals surface area contributed by atoms with E-state index in [0.29, 0.717) is 34.8 Å². The van der Waals surface area contributed by atoms with Crippen molar-refractivity contribution in [1.29, 1.82) is 0 Å². The number of phenols is 2. The van der Waals surface area contributed by atoms with Crippen LogP contribution in [0.25, 0.3) is 22.1 Å². The van der Waals surface area contributed by atoms with Crippen molar-refractivity contribution in [2.75, 3.05) is 21.3 Å². The van der Waals surface area contributed by atoms with Crippen molar-refractivity contribution in [2.24, 2.45) is 0 Å². The normalized spacial score (nSPS) is 14.3. The van der Waals surface area contributed by atoms with Crippen LogP contribution in [0.2, 0.25) is 0 Å². The fourth-order valence-corrected chi connectivity index (χ4v) is 3.80. The Morgan fingerprint density at radius 1 is 1.06 bits per heavy atom. The summed E-state index contributed by atoms with van der Waals surface area (Å²) in [6.45, 7) is 3.84. The Labute approximate surface area is 184 Å². The average molecular weight is 440 g/mol. The van der Waals surface area contributed by atoms with Gasteiger partial charge in [-0.1, -0.05) is 11.6 Å². The van der Waals surface area contributed by atoms with Gasteiger partial charge in [0.2, 0.25) is 5.43 Å². The second kappa shape index (κ2) is 8.12. The minimum atomic E-state index is -1.02. The van der Waals surface area contributed by atoms with Crippen molar-refractivity contribution >= 4 is 11.0 Å². The molecule has 1 aliphatic heterocycles. The first kappa shape index (κ1) is 21.6. The molecule has 168 valence electrons. The summed E-state index contributed by atoms with van der Waals surface area (Å²) in [4.78, 5) is 13.7. The van der Waals surface area contributed by atoms with Crippen LogP contribution in [0.3, 0.4) is 0 Å². The zero-order chi connectivity index (χ0) is 23.2. The molecule has 8 heteroatoms. The molecule has 3 aromatic rings. The smallest absolute Gasteiger partial charge is 0.259 e. The number of ether oxygens (including phenoxy) is 4. The van der Waals surface area contributed by atoms with Gasteiger partial charge >= 0.3 is 0 Å². The number of hydrogen-bond donors (Lipinski definition) is 2. The first-order chi connectivity index (χ1) is 15.3. The van der Waals surface area contributed by atoms with E-state index in [1.54, 1.807) is 12.1 Å². The monoisotopic (exact) mass is 440 g/mol. The molecule has 2 heterocycles. The molecular formula is C24H24O8. The molecule has 0 unspecified atom stereocenters. The van der Waals surface area contributed by atoms with E-state index < -0.39 is 11.7 Å². The lowest BCUT2D eigenvalue weighted by atomic mass is 9.96. The third kappa shape index (κ3) is 3.33. The van der Waals surface area contributed by atoms with Gasteiger partial charge in [0.05, 0.1) is 19.8 Å². The number of allylic oxidation sites excluding steroid dienone is 2. The summed E-state index contributed by atoms with van der Waals surface area (Å²) < 4.78 is 28.2. The summed E-state index contributed by atoms with van der Waals surface area (Å²) in [7, 11) is 4.41. The Kier molecular flexibility index (Phi) is 5.48. The Bertz CT molecular complexity index is 1300. The van der Waals surface area contributed by atoms with Crippen molar-refractivity contribution in [1.82, 2.24) is 0 Å². The molecule has 0 saturated heterocycles. The van der Waals surface area contributed by atoms with E-state index in [-0.39, 0.29) is 33.8 Å². The summed E-state index contributed by atoms with van der Waals surface area (Å²) in [6, 6.07) is 4.37. The van der Waals surface area contributed by atoms with Gasteiger partial charge in [0.25, 0.3) is 6.29 Å². The van der Waals surface area contributed by atoms with Gasteiger partial charge in [-0.3, -0.25) is 4.79 Å². The van der Waals surface area contributed by atoms with Crippen LogP contribution in [-0.2, 0) is 11.2 Å². The molecular weight excluding hydrogens is 416 g/mol. The van der Waals surface area contributed by atoms with Gasteiger partial charge in [-0.25, -0.2) is 0 Å².